The van der Waals surface area contributed by atoms with Crippen molar-refractivity contribution < 1.29 is 18.3 Å². The minimum absolute atomic E-state index is 0.0750. The van der Waals surface area contributed by atoms with Gasteiger partial charge in [0.25, 0.3) is 0 Å². The number of nitrogens with one attached hydrogen (secondary N) is 1. The van der Waals surface area contributed by atoms with E-state index in [4.69, 9.17) is 0 Å². The second-order valence-corrected chi connectivity index (χ2v) is 3.61. The molecule has 1 N–H and O–H groups in total. The van der Waals surface area contributed by atoms with Crippen LogP contribution >= 0.6 is 0 Å². The Morgan fingerprint density at radius 1 is 1.25 bits per heavy atom. The number of halogens is 2. The standard InChI is InChI=1S/C11H13F2NO2/c1-2-3-6-14-8-4-5-9-10(7-8)16-11(12,13)15-9/h4-5,7,14H,2-3,6H2,1H3. The van der Waals surface area contributed by atoms with Gasteiger partial charge in [0.1, 0.15) is 0 Å². The Labute approximate surface area is 92.4 Å². The van der Waals surface area contributed by atoms with Gasteiger partial charge in [-0.05, 0) is 18.6 Å². The molecule has 0 atom stereocenters. The van der Waals surface area contributed by atoms with E-state index in [2.05, 4.69) is 21.7 Å². The van der Waals surface area contributed by atoms with E-state index in [9.17, 15) is 8.78 Å². The maximum Gasteiger partial charge on any atom is 0.586 e. The number of benzene rings is 1. The van der Waals surface area contributed by atoms with Crippen molar-refractivity contribution in [3.8, 4) is 11.5 Å². The van der Waals surface area contributed by atoms with Crippen LogP contribution in [0.25, 0.3) is 0 Å². The molecule has 0 aromatic heterocycles. The molecule has 0 saturated carbocycles. The SMILES string of the molecule is CCCCNc1ccc2c(c1)OC(F)(F)O2. The molecule has 1 aromatic carbocycles. The summed E-state index contributed by atoms with van der Waals surface area (Å²) in [5.74, 6) is 0.150. The molecule has 3 nitrogen and oxygen atoms in total. The number of alkyl halides is 2. The monoisotopic (exact) mass is 229 g/mol. The van der Waals surface area contributed by atoms with Crippen LogP contribution in [-0.4, -0.2) is 12.8 Å². The summed E-state index contributed by atoms with van der Waals surface area (Å²) in [5.41, 5.74) is 0.758. The molecule has 0 amide bonds. The zero-order valence-electron chi connectivity index (χ0n) is 8.93. The molecule has 0 unspecified atom stereocenters. The fourth-order valence-corrected chi connectivity index (χ4v) is 1.47. The molecule has 1 heterocycles. The molecular weight excluding hydrogens is 216 g/mol. The molecule has 2 rings (SSSR count). The lowest BCUT2D eigenvalue weighted by Gasteiger charge is -2.05. The Morgan fingerprint density at radius 3 is 2.75 bits per heavy atom. The van der Waals surface area contributed by atoms with Crippen LogP contribution in [0.3, 0.4) is 0 Å². The first-order valence-corrected chi connectivity index (χ1v) is 5.24. The summed E-state index contributed by atoms with van der Waals surface area (Å²) in [7, 11) is 0. The van der Waals surface area contributed by atoms with Crippen LogP contribution in [0.1, 0.15) is 19.8 Å². The fourth-order valence-electron chi connectivity index (χ4n) is 1.47. The molecule has 1 aromatic rings. The Kier molecular flexibility index (Phi) is 2.85. The molecular formula is C11H13F2NO2. The Bertz CT molecular complexity index is 382. The topological polar surface area (TPSA) is 30.5 Å². The van der Waals surface area contributed by atoms with Crippen molar-refractivity contribution in [2.45, 2.75) is 26.1 Å². The van der Waals surface area contributed by atoms with Crippen molar-refractivity contribution in [1.82, 2.24) is 0 Å². The van der Waals surface area contributed by atoms with E-state index < -0.39 is 6.29 Å². The Hall–Kier alpha value is -1.52. The van der Waals surface area contributed by atoms with E-state index in [0.717, 1.165) is 25.1 Å². The first kappa shape index (κ1) is 11.0. The first-order chi connectivity index (χ1) is 7.61. The third kappa shape index (κ3) is 2.35. The van der Waals surface area contributed by atoms with E-state index in [1.165, 1.54) is 12.1 Å². The number of ether oxygens (including phenoxy) is 2. The van der Waals surface area contributed by atoms with E-state index in [1.54, 1.807) is 6.07 Å². The highest BCUT2D eigenvalue weighted by atomic mass is 19.3. The number of hydrogen-bond donors (Lipinski definition) is 1. The Morgan fingerprint density at radius 2 is 2.00 bits per heavy atom. The summed E-state index contributed by atoms with van der Waals surface area (Å²) in [5, 5.41) is 3.12. The molecule has 16 heavy (non-hydrogen) atoms. The minimum atomic E-state index is -3.54. The average molecular weight is 229 g/mol. The van der Waals surface area contributed by atoms with Crippen LogP contribution in [-0.2, 0) is 0 Å². The van der Waals surface area contributed by atoms with Gasteiger partial charge >= 0.3 is 6.29 Å². The quantitative estimate of drug-likeness (QED) is 0.804. The summed E-state index contributed by atoms with van der Waals surface area (Å²) in [4.78, 5) is 0. The summed E-state index contributed by atoms with van der Waals surface area (Å²) >= 11 is 0. The second kappa shape index (κ2) is 4.15. The van der Waals surface area contributed by atoms with Crippen LogP contribution in [0.15, 0.2) is 18.2 Å². The summed E-state index contributed by atoms with van der Waals surface area (Å²) < 4.78 is 34.1. The van der Waals surface area contributed by atoms with Gasteiger partial charge in [0, 0.05) is 18.3 Å². The highest BCUT2D eigenvalue weighted by molar-refractivity contribution is 5.55. The van der Waals surface area contributed by atoms with Crippen LogP contribution in [0.2, 0.25) is 0 Å². The van der Waals surface area contributed by atoms with Crippen LogP contribution in [0.5, 0.6) is 11.5 Å². The van der Waals surface area contributed by atoms with Crippen molar-refractivity contribution >= 4 is 5.69 Å². The summed E-state index contributed by atoms with van der Waals surface area (Å²) in [6, 6.07) is 4.69. The van der Waals surface area contributed by atoms with Gasteiger partial charge in [-0.15, -0.1) is 8.78 Å². The molecule has 0 aliphatic carbocycles. The van der Waals surface area contributed by atoms with Crippen molar-refractivity contribution in [2.24, 2.45) is 0 Å². The van der Waals surface area contributed by atoms with Gasteiger partial charge in [-0.1, -0.05) is 13.3 Å². The van der Waals surface area contributed by atoms with Gasteiger partial charge in [0.05, 0.1) is 0 Å². The first-order valence-electron chi connectivity index (χ1n) is 5.24. The molecule has 1 aliphatic rings. The number of anilines is 1. The lowest BCUT2D eigenvalue weighted by Crippen LogP contribution is -2.25. The predicted octanol–water partition coefficient (Wildman–Crippen LogP) is 3.22. The predicted molar refractivity (Wildman–Crippen MR) is 56.0 cm³/mol. The molecule has 1 aliphatic heterocycles. The molecule has 0 fully saturated rings. The number of rotatable bonds is 4. The smallest absolute Gasteiger partial charge is 0.395 e. The van der Waals surface area contributed by atoms with Crippen molar-refractivity contribution in [3.05, 3.63) is 18.2 Å². The summed E-state index contributed by atoms with van der Waals surface area (Å²) in [6.07, 6.45) is -1.43. The van der Waals surface area contributed by atoms with E-state index in [0.29, 0.717) is 0 Å². The van der Waals surface area contributed by atoms with E-state index >= 15 is 0 Å². The zero-order chi connectivity index (χ0) is 11.6. The average Bonchev–Trinajstić information content (AvgIpc) is 2.51. The highest BCUT2D eigenvalue weighted by Gasteiger charge is 2.43. The number of unbranched alkanes of at least 4 members (excludes halogenated alkanes) is 1. The zero-order valence-corrected chi connectivity index (χ0v) is 8.93. The maximum absolute atomic E-state index is 12.7. The van der Waals surface area contributed by atoms with Gasteiger partial charge in [0.2, 0.25) is 0 Å². The lowest BCUT2D eigenvalue weighted by molar-refractivity contribution is -0.286. The normalized spacial score (nSPS) is 16.2. The van der Waals surface area contributed by atoms with E-state index in [-0.39, 0.29) is 11.5 Å². The maximum atomic E-state index is 12.7. The van der Waals surface area contributed by atoms with Crippen LogP contribution < -0.4 is 14.8 Å². The fraction of sp³-hybridized carbons (Fsp3) is 0.455. The molecule has 0 spiro atoms. The van der Waals surface area contributed by atoms with E-state index in [1.807, 2.05) is 0 Å². The van der Waals surface area contributed by atoms with Gasteiger partial charge < -0.3 is 14.8 Å². The molecule has 0 bridgehead atoms. The number of hydrogen-bond acceptors (Lipinski definition) is 3. The van der Waals surface area contributed by atoms with Gasteiger partial charge in [-0.2, -0.15) is 0 Å². The summed E-state index contributed by atoms with van der Waals surface area (Å²) in [6.45, 7) is 2.90. The molecule has 88 valence electrons. The molecule has 0 saturated heterocycles. The third-order valence-corrected chi connectivity index (χ3v) is 2.26. The van der Waals surface area contributed by atoms with Gasteiger partial charge in [-0.25, -0.2) is 0 Å². The van der Waals surface area contributed by atoms with Gasteiger partial charge in [0.15, 0.2) is 11.5 Å². The lowest BCUT2D eigenvalue weighted by atomic mass is 10.2. The second-order valence-electron chi connectivity index (χ2n) is 3.61. The van der Waals surface area contributed by atoms with Crippen LogP contribution in [0, 0.1) is 0 Å². The van der Waals surface area contributed by atoms with Crippen molar-refractivity contribution in [1.29, 1.82) is 0 Å². The molecule has 0 radical (unpaired) electrons. The van der Waals surface area contributed by atoms with Crippen LogP contribution in [0.4, 0.5) is 14.5 Å². The number of fused-ring (bicyclic) bond motifs is 1. The van der Waals surface area contributed by atoms with Gasteiger partial charge in [-0.3, -0.25) is 0 Å². The Balaban J connectivity index is 2.04. The third-order valence-electron chi connectivity index (χ3n) is 2.26. The van der Waals surface area contributed by atoms with Crippen molar-refractivity contribution in [3.63, 3.8) is 0 Å². The molecule has 5 heteroatoms. The largest absolute Gasteiger partial charge is 0.586 e. The minimum Gasteiger partial charge on any atom is -0.395 e. The van der Waals surface area contributed by atoms with Crippen molar-refractivity contribution in [2.75, 3.05) is 11.9 Å². The highest BCUT2D eigenvalue weighted by Crippen LogP contribution is 2.42.